The number of ether oxygens (including phenoxy) is 2. The van der Waals surface area contributed by atoms with Crippen molar-refractivity contribution in [1.29, 1.82) is 0 Å². The molecule has 0 radical (unpaired) electrons. The Morgan fingerprint density at radius 2 is 2.08 bits per heavy atom. The van der Waals surface area contributed by atoms with E-state index in [9.17, 15) is 0 Å². The molecular weight excluding hydrogens is 176 g/mol. The van der Waals surface area contributed by atoms with Gasteiger partial charge in [0.2, 0.25) is 0 Å². The van der Waals surface area contributed by atoms with Crippen LogP contribution >= 0.6 is 11.6 Å². The summed E-state index contributed by atoms with van der Waals surface area (Å²) < 4.78 is 10.4. The lowest BCUT2D eigenvalue weighted by Gasteiger charge is -2.09. The van der Waals surface area contributed by atoms with Crippen LogP contribution < -0.4 is 4.74 Å². The van der Waals surface area contributed by atoms with Crippen LogP contribution in [0.1, 0.15) is 0 Å². The molecule has 1 unspecified atom stereocenters. The summed E-state index contributed by atoms with van der Waals surface area (Å²) in [6.07, 6.45) is 0.0758. The first-order valence-corrected chi connectivity index (χ1v) is 4.27. The molecule has 0 aromatic heterocycles. The van der Waals surface area contributed by atoms with Crippen molar-refractivity contribution in [2.45, 2.75) is 11.7 Å². The Morgan fingerprint density at radius 3 is 2.67 bits per heavy atom. The van der Waals surface area contributed by atoms with E-state index in [1.54, 1.807) is 0 Å². The summed E-state index contributed by atoms with van der Waals surface area (Å²) in [5.74, 6) is 0.785. The molecule has 0 aliphatic carbocycles. The molecular formula is C9H9ClO2. The molecule has 3 heteroatoms. The normalized spacial score (nSPS) is 23.2. The third-order valence-corrected chi connectivity index (χ3v) is 2.01. The molecule has 0 bridgehead atoms. The average molecular weight is 185 g/mol. The highest BCUT2D eigenvalue weighted by Gasteiger charge is 2.32. The molecule has 1 heterocycles. The van der Waals surface area contributed by atoms with Crippen molar-refractivity contribution in [2.24, 2.45) is 0 Å². The molecule has 0 spiro atoms. The number of hydrogen-bond donors (Lipinski definition) is 0. The van der Waals surface area contributed by atoms with E-state index in [1.807, 2.05) is 30.3 Å². The first-order valence-electron chi connectivity index (χ1n) is 3.83. The van der Waals surface area contributed by atoms with E-state index in [1.165, 1.54) is 0 Å². The van der Waals surface area contributed by atoms with Gasteiger partial charge in [-0.15, -0.1) is 0 Å². The zero-order chi connectivity index (χ0) is 8.39. The smallest absolute Gasteiger partial charge is 0.200 e. The monoisotopic (exact) mass is 184 g/mol. The zero-order valence-electron chi connectivity index (χ0n) is 6.44. The molecule has 0 saturated carbocycles. The Labute approximate surface area is 76.1 Å². The van der Waals surface area contributed by atoms with Gasteiger partial charge in [-0.2, -0.15) is 0 Å². The van der Waals surface area contributed by atoms with Gasteiger partial charge in [0.1, 0.15) is 11.9 Å². The molecule has 0 N–H and O–H groups in total. The van der Waals surface area contributed by atoms with Crippen LogP contribution in [0.3, 0.4) is 0 Å². The van der Waals surface area contributed by atoms with Gasteiger partial charge in [0.15, 0.2) is 5.56 Å². The lowest BCUT2D eigenvalue weighted by Crippen LogP contribution is -2.15. The predicted octanol–water partition coefficient (Wildman–Crippen LogP) is 2.03. The van der Waals surface area contributed by atoms with Crippen molar-refractivity contribution in [3.8, 4) is 5.75 Å². The molecule has 12 heavy (non-hydrogen) atoms. The van der Waals surface area contributed by atoms with Gasteiger partial charge < -0.3 is 9.47 Å². The second-order valence-electron chi connectivity index (χ2n) is 2.65. The number of benzene rings is 1. The topological polar surface area (TPSA) is 21.8 Å². The minimum Gasteiger partial charge on any atom is -0.472 e. The molecule has 64 valence electrons. The Bertz CT molecular complexity index is 246. The minimum absolute atomic E-state index is 0.0758. The van der Waals surface area contributed by atoms with Crippen molar-refractivity contribution >= 4 is 11.6 Å². The molecule has 1 saturated heterocycles. The lowest BCUT2D eigenvalue weighted by molar-refractivity contribution is 0.228. The molecule has 2 atom stereocenters. The molecule has 1 aromatic carbocycles. The first kappa shape index (κ1) is 7.90. The van der Waals surface area contributed by atoms with E-state index in [4.69, 9.17) is 21.1 Å². The molecule has 1 aliphatic rings. The Morgan fingerprint density at radius 1 is 1.42 bits per heavy atom. The van der Waals surface area contributed by atoms with Gasteiger partial charge in [-0.05, 0) is 12.1 Å². The van der Waals surface area contributed by atoms with Crippen LogP contribution in [0.4, 0.5) is 0 Å². The van der Waals surface area contributed by atoms with Crippen molar-refractivity contribution in [3.05, 3.63) is 30.3 Å². The van der Waals surface area contributed by atoms with Gasteiger partial charge in [-0.1, -0.05) is 29.8 Å². The summed E-state index contributed by atoms with van der Waals surface area (Å²) in [5, 5.41) is 0. The Balaban J connectivity index is 1.94. The van der Waals surface area contributed by atoms with Crippen molar-refractivity contribution in [3.63, 3.8) is 0 Å². The third-order valence-electron chi connectivity index (χ3n) is 1.64. The van der Waals surface area contributed by atoms with Gasteiger partial charge in [0.05, 0.1) is 6.61 Å². The molecule has 0 amide bonds. The largest absolute Gasteiger partial charge is 0.472 e. The first-order chi connectivity index (χ1) is 5.86. The van der Waals surface area contributed by atoms with Crippen LogP contribution in [0, 0.1) is 0 Å². The Kier molecular flexibility index (Phi) is 2.19. The van der Waals surface area contributed by atoms with Gasteiger partial charge >= 0.3 is 0 Å². The fraction of sp³-hybridized carbons (Fsp3) is 0.333. The highest BCUT2D eigenvalue weighted by Crippen LogP contribution is 2.22. The molecule has 1 aliphatic heterocycles. The minimum atomic E-state index is -0.354. The Hall–Kier alpha value is -0.730. The molecule has 2 rings (SSSR count). The van der Waals surface area contributed by atoms with E-state index in [0.29, 0.717) is 6.61 Å². The van der Waals surface area contributed by atoms with Crippen LogP contribution in [0.25, 0.3) is 0 Å². The highest BCUT2D eigenvalue weighted by molar-refractivity contribution is 6.20. The number of para-hydroxylation sites is 1. The van der Waals surface area contributed by atoms with Crippen molar-refractivity contribution < 1.29 is 9.47 Å². The number of epoxide rings is 1. The van der Waals surface area contributed by atoms with Gasteiger partial charge in [0, 0.05) is 0 Å². The van der Waals surface area contributed by atoms with Crippen molar-refractivity contribution in [2.75, 3.05) is 6.61 Å². The maximum absolute atomic E-state index is 5.87. The van der Waals surface area contributed by atoms with Crippen LogP contribution in [-0.4, -0.2) is 18.3 Å². The summed E-state index contributed by atoms with van der Waals surface area (Å²) in [6, 6.07) is 9.50. The van der Waals surface area contributed by atoms with Crippen molar-refractivity contribution in [1.82, 2.24) is 0 Å². The fourth-order valence-electron chi connectivity index (χ4n) is 0.912. The summed E-state index contributed by atoms with van der Waals surface area (Å²) in [4.78, 5) is 0. The van der Waals surface area contributed by atoms with Crippen LogP contribution in [0.5, 0.6) is 5.75 Å². The van der Waals surface area contributed by atoms with Gasteiger partial charge in [0.25, 0.3) is 0 Å². The molecule has 2 nitrogen and oxygen atoms in total. The number of halogens is 1. The summed E-state index contributed by atoms with van der Waals surface area (Å²) in [6.45, 7) is 0.709. The number of rotatable bonds is 3. The van der Waals surface area contributed by atoms with Crippen LogP contribution in [-0.2, 0) is 4.74 Å². The summed E-state index contributed by atoms with van der Waals surface area (Å²) >= 11 is 5.87. The predicted molar refractivity (Wildman–Crippen MR) is 46.5 cm³/mol. The highest BCUT2D eigenvalue weighted by atomic mass is 35.5. The quantitative estimate of drug-likeness (QED) is 0.530. The summed E-state index contributed by atoms with van der Waals surface area (Å²) in [7, 11) is 0. The molecule has 1 fully saturated rings. The third kappa shape index (κ3) is 1.90. The SMILES string of the molecule is Cl[C@H](Oc1ccccc1)C1CO1. The standard InChI is InChI=1S/C9H9ClO2/c10-9(8-6-11-8)12-7-4-2-1-3-5-7/h1-5,8-9H,6H2/t8?,9-/m1/s1. The maximum atomic E-state index is 5.87. The van der Waals surface area contributed by atoms with E-state index < -0.39 is 0 Å². The lowest BCUT2D eigenvalue weighted by atomic mass is 10.3. The second kappa shape index (κ2) is 3.33. The van der Waals surface area contributed by atoms with E-state index in [0.717, 1.165) is 5.75 Å². The van der Waals surface area contributed by atoms with Gasteiger partial charge in [-0.3, -0.25) is 0 Å². The molecule has 1 aromatic rings. The van der Waals surface area contributed by atoms with E-state index >= 15 is 0 Å². The maximum Gasteiger partial charge on any atom is 0.200 e. The van der Waals surface area contributed by atoms with E-state index in [-0.39, 0.29) is 11.7 Å². The zero-order valence-corrected chi connectivity index (χ0v) is 7.20. The number of alkyl halides is 1. The fourth-order valence-corrected chi connectivity index (χ4v) is 1.16. The van der Waals surface area contributed by atoms with Crippen LogP contribution in [0.2, 0.25) is 0 Å². The number of hydrogen-bond acceptors (Lipinski definition) is 2. The van der Waals surface area contributed by atoms with Crippen LogP contribution in [0.15, 0.2) is 30.3 Å². The van der Waals surface area contributed by atoms with E-state index in [2.05, 4.69) is 0 Å². The van der Waals surface area contributed by atoms with Gasteiger partial charge in [-0.25, -0.2) is 0 Å². The average Bonchev–Trinajstić information content (AvgIpc) is 2.88. The second-order valence-corrected chi connectivity index (χ2v) is 3.08. The summed E-state index contributed by atoms with van der Waals surface area (Å²) in [5.41, 5.74) is -0.354.